The van der Waals surface area contributed by atoms with Crippen molar-refractivity contribution in [2.75, 3.05) is 13.2 Å². The van der Waals surface area contributed by atoms with E-state index >= 15 is 0 Å². The van der Waals surface area contributed by atoms with Gasteiger partial charge in [-0.05, 0) is 13.0 Å². The van der Waals surface area contributed by atoms with Crippen molar-refractivity contribution < 1.29 is 4.74 Å². The number of nitrogens with zero attached hydrogens (tertiary/aromatic N) is 1. The summed E-state index contributed by atoms with van der Waals surface area (Å²) in [6.45, 7) is 7.61. The first-order valence-corrected chi connectivity index (χ1v) is 5.90. The number of thiazole rings is 1. The third-order valence-electron chi connectivity index (χ3n) is 1.72. The van der Waals surface area contributed by atoms with Crippen LogP contribution in [0.25, 0.3) is 0 Å². The minimum absolute atomic E-state index is 0.657. The van der Waals surface area contributed by atoms with Crippen LogP contribution in [0, 0.1) is 0 Å². The Kier molecular flexibility index (Phi) is 5.75. The van der Waals surface area contributed by atoms with Crippen molar-refractivity contribution >= 4 is 11.3 Å². The summed E-state index contributed by atoms with van der Waals surface area (Å²) in [6.07, 6.45) is 2.99. The Morgan fingerprint density at radius 3 is 3.07 bits per heavy atom. The van der Waals surface area contributed by atoms with Gasteiger partial charge in [0.05, 0.1) is 6.61 Å². The van der Waals surface area contributed by atoms with Crippen LogP contribution >= 0.6 is 11.3 Å². The minimum atomic E-state index is 0.657. The number of nitrogens with one attached hydrogen (secondary N) is 1. The lowest BCUT2D eigenvalue weighted by atomic mass is 10.5. The number of hydrogen-bond acceptors (Lipinski definition) is 4. The van der Waals surface area contributed by atoms with Crippen LogP contribution in [-0.2, 0) is 17.9 Å². The molecule has 1 aromatic heterocycles. The zero-order valence-corrected chi connectivity index (χ0v) is 9.69. The van der Waals surface area contributed by atoms with E-state index < -0.39 is 0 Å². The molecule has 0 bridgehead atoms. The predicted octanol–water partition coefficient (Wildman–Crippen LogP) is 2.18. The van der Waals surface area contributed by atoms with Crippen LogP contribution in [0.15, 0.2) is 6.20 Å². The minimum Gasteiger partial charge on any atom is -0.374 e. The van der Waals surface area contributed by atoms with Gasteiger partial charge in [-0.15, -0.1) is 11.3 Å². The zero-order chi connectivity index (χ0) is 10.2. The van der Waals surface area contributed by atoms with Crippen molar-refractivity contribution in [2.24, 2.45) is 0 Å². The quantitative estimate of drug-likeness (QED) is 0.706. The second kappa shape index (κ2) is 6.92. The Morgan fingerprint density at radius 2 is 2.36 bits per heavy atom. The maximum atomic E-state index is 5.41. The van der Waals surface area contributed by atoms with Crippen molar-refractivity contribution in [1.82, 2.24) is 10.3 Å². The maximum Gasteiger partial charge on any atom is 0.119 e. The summed E-state index contributed by atoms with van der Waals surface area (Å²) in [5, 5.41) is 4.35. The maximum absolute atomic E-state index is 5.41. The molecule has 0 aliphatic carbocycles. The molecule has 0 fully saturated rings. The standard InChI is InChI=1S/C10H18N2OS/c1-3-5-13-8-10-12-7-9(14-10)6-11-4-2/h7,11H,3-6,8H2,1-2H3. The highest BCUT2D eigenvalue weighted by Crippen LogP contribution is 2.13. The molecule has 0 spiro atoms. The van der Waals surface area contributed by atoms with Crippen LogP contribution in [0.3, 0.4) is 0 Å². The highest BCUT2D eigenvalue weighted by molar-refractivity contribution is 7.11. The lowest BCUT2D eigenvalue weighted by Gasteiger charge is -1.97. The topological polar surface area (TPSA) is 34.1 Å². The fourth-order valence-corrected chi connectivity index (χ4v) is 1.88. The van der Waals surface area contributed by atoms with E-state index in [1.54, 1.807) is 11.3 Å². The molecule has 4 heteroatoms. The van der Waals surface area contributed by atoms with Crippen LogP contribution in [0.2, 0.25) is 0 Å². The van der Waals surface area contributed by atoms with Gasteiger partial charge in [-0.2, -0.15) is 0 Å². The van der Waals surface area contributed by atoms with Gasteiger partial charge in [0.1, 0.15) is 5.01 Å². The summed E-state index contributed by atoms with van der Waals surface area (Å²) in [4.78, 5) is 5.57. The molecule has 80 valence electrons. The predicted molar refractivity (Wildman–Crippen MR) is 59.4 cm³/mol. The van der Waals surface area contributed by atoms with Crippen LogP contribution < -0.4 is 5.32 Å². The van der Waals surface area contributed by atoms with Gasteiger partial charge in [-0.3, -0.25) is 0 Å². The molecule has 1 heterocycles. The third-order valence-corrected chi connectivity index (χ3v) is 2.70. The van der Waals surface area contributed by atoms with E-state index in [1.165, 1.54) is 4.88 Å². The zero-order valence-electron chi connectivity index (χ0n) is 8.88. The summed E-state index contributed by atoms with van der Waals surface area (Å²) in [5.41, 5.74) is 0. The highest BCUT2D eigenvalue weighted by atomic mass is 32.1. The molecule has 1 rings (SSSR count). The molecule has 0 aromatic carbocycles. The fraction of sp³-hybridized carbons (Fsp3) is 0.700. The molecule has 0 saturated carbocycles. The van der Waals surface area contributed by atoms with Crippen molar-refractivity contribution in [3.05, 3.63) is 16.1 Å². The van der Waals surface area contributed by atoms with Crippen LogP contribution in [-0.4, -0.2) is 18.1 Å². The first kappa shape index (κ1) is 11.6. The average molecular weight is 214 g/mol. The molecule has 0 amide bonds. The Balaban J connectivity index is 2.27. The molecule has 1 N–H and O–H groups in total. The van der Waals surface area contributed by atoms with E-state index in [0.29, 0.717) is 6.61 Å². The van der Waals surface area contributed by atoms with Crippen molar-refractivity contribution in [1.29, 1.82) is 0 Å². The van der Waals surface area contributed by atoms with Gasteiger partial charge in [0.2, 0.25) is 0 Å². The second-order valence-corrected chi connectivity index (χ2v) is 4.25. The van der Waals surface area contributed by atoms with Crippen LogP contribution in [0.4, 0.5) is 0 Å². The summed E-state index contributed by atoms with van der Waals surface area (Å²) in [6, 6.07) is 0. The van der Waals surface area contributed by atoms with Crippen molar-refractivity contribution in [3.63, 3.8) is 0 Å². The molecule has 3 nitrogen and oxygen atoms in total. The van der Waals surface area contributed by atoms with E-state index in [-0.39, 0.29) is 0 Å². The molecule has 0 aliphatic heterocycles. The van der Waals surface area contributed by atoms with Crippen LogP contribution in [0.5, 0.6) is 0 Å². The van der Waals surface area contributed by atoms with Gasteiger partial charge in [-0.1, -0.05) is 13.8 Å². The molecule has 14 heavy (non-hydrogen) atoms. The third kappa shape index (κ3) is 4.17. The lowest BCUT2D eigenvalue weighted by Crippen LogP contribution is -2.10. The Morgan fingerprint density at radius 1 is 1.50 bits per heavy atom. The van der Waals surface area contributed by atoms with Gasteiger partial charge in [0, 0.05) is 24.2 Å². The normalized spacial score (nSPS) is 10.7. The molecule has 0 atom stereocenters. The average Bonchev–Trinajstić information content (AvgIpc) is 2.63. The van der Waals surface area contributed by atoms with Gasteiger partial charge in [0.15, 0.2) is 0 Å². The molecule has 0 radical (unpaired) electrons. The first-order valence-electron chi connectivity index (χ1n) is 5.08. The number of rotatable bonds is 7. The van der Waals surface area contributed by atoms with Gasteiger partial charge < -0.3 is 10.1 Å². The van der Waals surface area contributed by atoms with Crippen molar-refractivity contribution in [3.8, 4) is 0 Å². The molecule has 0 aliphatic rings. The first-order chi connectivity index (χ1) is 6.86. The smallest absolute Gasteiger partial charge is 0.119 e. The molecule has 0 unspecified atom stereocenters. The number of ether oxygens (including phenoxy) is 1. The highest BCUT2D eigenvalue weighted by Gasteiger charge is 2.00. The Bertz CT molecular complexity index is 250. The van der Waals surface area contributed by atoms with Gasteiger partial charge >= 0.3 is 0 Å². The summed E-state index contributed by atoms with van der Waals surface area (Å²) in [7, 11) is 0. The lowest BCUT2D eigenvalue weighted by molar-refractivity contribution is 0.121. The molecule has 1 aromatic rings. The number of hydrogen-bond donors (Lipinski definition) is 1. The summed E-state index contributed by atoms with van der Waals surface area (Å²) in [5.74, 6) is 0. The molecular weight excluding hydrogens is 196 g/mol. The summed E-state index contributed by atoms with van der Waals surface area (Å²) >= 11 is 1.72. The van der Waals surface area contributed by atoms with E-state index in [9.17, 15) is 0 Å². The molecular formula is C10H18N2OS. The van der Waals surface area contributed by atoms with Gasteiger partial charge in [0.25, 0.3) is 0 Å². The van der Waals surface area contributed by atoms with Gasteiger partial charge in [-0.25, -0.2) is 4.98 Å². The Labute approximate surface area is 89.5 Å². The molecule has 0 saturated heterocycles. The second-order valence-electron chi connectivity index (χ2n) is 3.05. The van der Waals surface area contributed by atoms with Crippen LogP contribution in [0.1, 0.15) is 30.2 Å². The fourth-order valence-electron chi connectivity index (χ4n) is 1.05. The van der Waals surface area contributed by atoms with E-state index in [1.807, 2.05) is 6.20 Å². The van der Waals surface area contributed by atoms with E-state index in [2.05, 4.69) is 24.1 Å². The number of aromatic nitrogens is 1. The van der Waals surface area contributed by atoms with E-state index in [0.717, 1.165) is 31.1 Å². The summed E-state index contributed by atoms with van der Waals surface area (Å²) < 4.78 is 5.41. The Hall–Kier alpha value is -0.450. The largest absolute Gasteiger partial charge is 0.374 e. The SMILES string of the molecule is CCCOCc1ncc(CNCC)s1. The monoisotopic (exact) mass is 214 g/mol. The van der Waals surface area contributed by atoms with Crippen molar-refractivity contribution in [2.45, 2.75) is 33.4 Å². The van der Waals surface area contributed by atoms with E-state index in [4.69, 9.17) is 4.74 Å².